The maximum Gasteiger partial charge on any atom is 0.0300 e. The molecule has 0 aliphatic rings. The number of pyridine rings is 2. The Morgan fingerprint density at radius 3 is 2.35 bits per heavy atom. The van der Waals surface area contributed by atoms with Gasteiger partial charge in [-0.25, -0.2) is 0 Å². The van der Waals surface area contributed by atoms with E-state index >= 15 is 0 Å². The number of rotatable bonds is 8. The zero-order valence-corrected chi connectivity index (χ0v) is 12.1. The van der Waals surface area contributed by atoms with Crippen molar-refractivity contribution in [2.24, 2.45) is 0 Å². The molecule has 0 aliphatic heterocycles. The van der Waals surface area contributed by atoms with Crippen LogP contribution in [0.2, 0.25) is 0 Å². The SMILES string of the molecule is CCCNC(CCc1cccnc1)Cc1cccnc1. The van der Waals surface area contributed by atoms with Gasteiger partial charge in [-0.15, -0.1) is 0 Å². The van der Waals surface area contributed by atoms with Crippen LogP contribution in [0.1, 0.15) is 30.9 Å². The minimum Gasteiger partial charge on any atom is -0.314 e. The third kappa shape index (κ3) is 5.10. The van der Waals surface area contributed by atoms with Crippen LogP contribution in [-0.4, -0.2) is 22.6 Å². The molecule has 2 aromatic heterocycles. The highest BCUT2D eigenvalue weighted by Crippen LogP contribution is 2.09. The quantitative estimate of drug-likeness (QED) is 0.800. The van der Waals surface area contributed by atoms with Crippen molar-refractivity contribution in [1.82, 2.24) is 15.3 Å². The fourth-order valence-corrected chi connectivity index (χ4v) is 2.32. The van der Waals surface area contributed by atoms with E-state index in [-0.39, 0.29) is 0 Å². The van der Waals surface area contributed by atoms with Crippen molar-refractivity contribution < 1.29 is 0 Å². The highest BCUT2D eigenvalue weighted by atomic mass is 14.9. The molecular formula is C17H23N3. The Hall–Kier alpha value is -1.74. The van der Waals surface area contributed by atoms with Gasteiger partial charge in [0.15, 0.2) is 0 Å². The number of nitrogens with one attached hydrogen (secondary N) is 1. The number of hydrogen-bond acceptors (Lipinski definition) is 3. The predicted octanol–water partition coefficient (Wildman–Crippen LogP) is 3.02. The number of hydrogen-bond donors (Lipinski definition) is 1. The molecule has 106 valence electrons. The molecule has 0 bridgehead atoms. The van der Waals surface area contributed by atoms with Crippen molar-refractivity contribution in [3.05, 3.63) is 60.2 Å². The van der Waals surface area contributed by atoms with Crippen LogP contribution in [0, 0.1) is 0 Å². The van der Waals surface area contributed by atoms with E-state index in [0.29, 0.717) is 6.04 Å². The molecule has 2 heterocycles. The van der Waals surface area contributed by atoms with E-state index in [1.54, 1.807) is 0 Å². The summed E-state index contributed by atoms with van der Waals surface area (Å²) in [6, 6.07) is 8.81. The number of aryl methyl sites for hydroxylation is 1. The molecule has 0 fully saturated rings. The van der Waals surface area contributed by atoms with Crippen molar-refractivity contribution in [3.63, 3.8) is 0 Å². The van der Waals surface area contributed by atoms with Gasteiger partial charge in [0.05, 0.1) is 0 Å². The predicted molar refractivity (Wildman–Crippen MR) is 82.6 cm³/mol. The van der Waals surface area contributed by atoms with Gasteiger partial charge in [-0.3, -0.25) is 9.97 Å². The number of nitrogens with zero attached hydrogens (tertiary/aromatic N) is 2. The molecule has 0 aromatic carbocycles. The van der Waals surface area contributed by atoms with Crippen molar-refractivity contribution in [2.45, 2.75) is 38.6 Å². The zero-order chi connectivity index (χ0) is 14.0. The summed E-state index contributed by atoms with van der Waals surface area (Å²) in [6.45, 7) is 3.27. The van der Waals surface area contributed by atoms with Crippen LogP contribution in [0.25, 0.3) is 0 Å². The van der Waals surface area contributed by atoms with Gasteiger partial charge < -0.3 is 5.32 Å². The Morgan fingerprint density at radius 1 is 1.05 bits per heavy atom. The summed E-state index contributed by atoms with van der Waals surface area (Å²) < 4.78 is 0. The van der Waals surface area contributed by atoms with Gasteiger partial charge in [-0.05, 0) is 55.5 Å². The molecule has 2 aromatic rings. The molecule has 1 atom stereocenters. The third-order valence-electron chi connectivity index (χ3n) is 3.39. The van der Waals surface area contributed by atoms with Gasteiger partial charge in [0, 0.05) is 30.8 Å². The molecule has 1 unspecified atom stereocenters. The second-order valence-corrected chi connectivity index (χ2v) is 5.12. The van der Waals surface area contributed by atoms with Crippen LogP contribution in [0.15, 0.2) is 49.1 Å². The van der Waals surface area contributed by atoms with Crippen LogP contribution >= 0.6 is 0 Å². The Labute approximate surface area is 121 Å². The fourth-order valence-electron chi connectivity index (χ4n) is 2.32. The van der Waals surface area contributed by atoms with E-state index in [0.717, 1.165) is 32.2 Å². The number of aromatic nitrogens is 2. The first kappa shape index (κ1) is 14.7. The summed E-state index contributed by atoms with van der Waals surface area (Å²) in [7, 11) is 0. The Bertz CT molecular complexity index is 470. The molecule has 2 rings (SSSR count). The monoisotopic (exact) mass is 269 g/mol. The molecule has 1 N–H and O–H groups in total. The molecule has 0 saturated carbocycles. The van der Waals surface area contributed by atoms with Crippen LogP contribution in [0.4, 0.5) is 0 Å². The summed E-state index contributed by atoms with van der Waals surface area (Å²) in [4.78, 5) is 8.38. The summed E-state index contributed by atoms with van der Waals surface area (Å²) in [5.41, 5.74) is 2.61. The third-order valence-corrected chi connectivity index (χ3v) is 3.39. The van der Waals surface area contributed by atoms with Gasteiger partial charge in [0.1, 0.15) is 0 Å². The van der Waals surface area contributed by atoms with Gasteiger partial charge in [-0.1, -0.05) is 19.1 Å². The highest BCUT2D eigenvalue weighted by Gasteiger charge is 2.09. The summed E-state index contributed by atoms with van der Waals surface area (Å²) in [6.07, 6.45) is 12.0. The summed E-state index contributed by atoms with van der Waals surface area (Å²) in [5, 5.41) is 3.64. The molecule has 20 heavy (non-hydrogen) atoms. The molecule has 0 amide bonds. The Balaban J connectivity index is 1.89. The molecule has 0 aliphatic carbocycles. The van der Waals surface area contributed by atoms with E-state index in [4.69, 9.17) is 0 Å². The minimum atomic E-state index is 0.499. The molecule has 0 radical (unpaired) electrons. The highest BCUT2D eigenvalue weighted by molar-refractivity contribution is 5.12. The van der Waals surface area contributed by atoms with E-state index in [2.05, 4.69) is 34.3 Å². The van der Waals surface area contributed by atoms with Crippen LogP contribution in [-0.2, 0) is 12.8 Å². The second-order valence-electron chi connectivity index (χ2n) is 5.12. The lowest BCUT2D eigenvalue weighted by Crippen LogP contribution is -2.32. The topological polar surface area (TPSA) is 37.8 Å². The first-order valence-electron chi connectivity index (χ1n) is 7.39. The summed E-state index contributed by atoms with van der Waals surface area (Å²) in [5.74, 6) is 0. The van der Waals surface area contributed by atoms with Crippen molar-refractivity contribution >= 4 is 0 Å². The maximum absolute atomic E-state index is 4.20. The first-order valence-corrected chi connectivity index (χ1v) is 7.39. The van der Waals surface area contributed by atoms with E-state index in [1.807, 2.05) is 36.9 Å². The van der Waals surface area contributed by atoms with Crippen LogP contribution in [0.3, 0.4) is 0 Å². The van der Waals surface area contributed by atoms with Crippen molar-refractivity contribution in [2.75, 3.05) is 6.54 Å². The lowest BCUT2D eigenvalue weighted by molar-refractivity contribution is 0.477. The zero-order valence-electron chi connectivity index (χ0n) is 12.1. The van der Waals surface area contributed by atoms with E-state index in [9.17, 15) is 0 Å². The average molecular weight is 269 g/mol. The van der Waals surface area contributed by atoms with Gasteiger partial charge in [0.2, 0.25) is 0 Å². The normalized spacial score (nSPS) is 12.2. The minimum absolute atomic E-state index is 0.499. The molecule has 3 heteroatoms. The second kappa shape index (κ2) is 8.43. The molecule has 0 saturated heterocycles. The molecule has 0 spiro atoms. The first-order chi connectivity index (χ1) is 9.88. The van der Waals surface area contributed by atoms with Gasteiger partial charge in [0.25, 0.3) is 0 Å². The molecular weight excluding hydrogens is 246 g/mol. The summed E-state index contributed by atoms with van der Waals surface area (Å²) >= 11 is 0. The smallest absolute Gasteiger partial charge is 0.0300 e. The maximum atomic E-state index is 4.20. The van der Waals surface area contributed by atoms with Crippen molar-refractivity contribution in [3.8, 4) is 0 Å². The lowest BCUT2D eigenvalue weighted by atomic mass is 10.0. The van der Waals surface area contributed by atoms with E-state index in [1.165, 1.54) is 11.1 Å². The standard InChI is InChI=1S/C17H23N3/c1-2-9-20-17(12-16-6-4-11-19-14-16)8-7-15-5-3-10-18-13-15/h3-6,10-11,13-14,17,20H,2,7-9,12H2,1H3. The van der Waals surface area contributed by atoms with Crippen molar-refractivity contribution in [1.29, 1.82) is 0 Å². The largest absolute Gasteiger partial charge is 0.314 e. The Kier molecular flexibility index (Phi) is 6.18. The molecule has 3 nitrogen and oxygen atoms in total. The fraction of sp³-hybridized carbons (Fsp3) is 0.412. The Morgan fingerprint density at radius 2 is 1.75 bits per heavy atom. The van der Waals surface area contributed by atoms with Crippen LogP contribution < -0.4 is 5.32 Å². The average Bonchev–Trinajstić information content (AvgIpc) is 2.52. The van der Waals surface area contributed by atoms with Gasteiger partial charge >= 0.3 is 0 Å². The van der Waals surface area contributed by atoms with Crippen LogP contribution in [0.5, 0.6) is 0 Å². The van der Waals surface area contributed by atoms with Gasteiger partial charge in [-0.2, -0.15) is 0 Å². The lowest BCUT2D eigenvalue weighted by Gasteiger charge is -2.18. The van der Waals surface area contributed by atoms with E-state index < -0.39 is 0 Å².